The third-order valence-corrected chi connectivity index (χ3v) is 4.21. The maximum absolute atomic E-state index is 14.3. The second-order valence-corrected chi connectivity index (χ2v) is 6.40. The molecule has 1 unspecified atom stereocenters. The molecule has 0 aromatic carbocycles. The van der Waals surface area contributed by atoms with Crippen molar-refractivity contribution in [3.8, 4) is 0 Å². The number of anilines is 2. The molecule has 0 saturated heterocycles. The molecule has 0 amide bonds. The van der Waals surface area contributed by atoms with Gasteiger partial charge in [0.2, 0.25) is 11.9 Å². The van der Waals surface area contributed by atoms with Crippen LogP contribution in [0.25, 0.3) is 5.57 Å². The van der Waals surface area contributed by atoms with Crippen LogP contribution in [0.3, 0.4) is 0 Å². The number of hydrogen-bond acceptors (Lipinski definition) is 6. The van der Waals surface area contributed by atoms with Crippen LogP contribution in [0.15, 0.2) is 5.83 Å². The number of nitrogens with zero attached hydrogens (tertiary/aromatic N) is 3. The second kappa shape index (κ2) is 8.15. The summed E-state index contributed by atoms with van der Waals surface area (Å²) in [5.41, 5.74) is 0.0982. The van der Waals surface area contributed by atoms with Gasteiger partial charge in [0.15, 0.2) is 5.82 Å². The van der Waals surface area contributed by atoms with E-state index in [4.69, 9.17) is 0 Å². The summed E-state index contributed by atoms with van der Waals surface area (Å²) in [5.74, 6) is -1.06. The van der Waals surface area contributed by atoms with Gasteiger partial charge in [0.1, 0.15) is 18.0 Å². The minimum Gasteiger partial charge on any atom is -0.386 e. The summed E-state index contributed by atoms with van der Waals surface area (Å²) >= 11 is 0. The van der Waals surface area contributed by atoms with Crippen LogP contribution >= 0.6 is 0 Å². The van der Waals surface area contributed by atoms with E-state index < -0.39 is 24.1 Å². The van der Waals surface area contributed by atoms with Crippen molar-refractivity contribution in [3.63, 3.8) is 0 Å². The molecular formula is C16H23F4N5O. The number of hydrogen-bond donors (Lipinski definition) is 3. The maximum atomic E-state index is 14.3. The van der Waals surface area contributed by atoms with E-state index in [1.807, 2.05) is 13.8 Å². The van der Waals surface area contributed by atoms with E-state index in [0.29, 0.717) is 12.8 Å². The molecule has 1 aliphatic rings. The van der Waals surface area contributed by atoms with Crippen LogP contribution in [0.5, 0.6) is 0 Å². The Kier molecular flexibility index (Phi) is 6.38. The average molecular weight is 377 g/mol. The van der Waals surface area contributed by atoms with Crippen molar-refractivity contribution in [2.45, 2.75) is 70.8 Å². The Morgan fingerprint density at radius 3 is 2.35 bits per heavy atom. The highest BCUT2D eigenvalue weighted by molar-refractivity contribution is 5.65. The molecular weight excluding hydrogens is 354 g/mol. The molecule has 2 rings (SSSR count). The van der Waals surface area contributed by atoms with E-state index in [1.165, 1.54) is 0 Å². The standard InChI is InChI=1S/C16H23F4N5O/c1-4-8(2)21-14-23-13(10-6-5-7-11(26)12(10)17)24-15(25-14)22-9(3)16(18,19)20/h8-9,11,26H,4-7H2,1-3H3,(H2,21,22,23,24,25)/t8-,9-,11?/m1/s1. The smallest absolute Gasteiger partial charge is 0.386 e. The van der Waals surface area contributed by atoms with Gasteiger partial charge in [-0.05, 0) is 39.5 Å². The molecule has 0 saturated carbocycles. The molecule has 0 radical (unpaired) electrons. The van der Waals surface area contributed by atoms with E-state index in [9.17, 15) is 22.7 Å². The Bertz CT molecular complexity index is 665. The number of aliphatic hydroxyl groups excluding tert-OH is 1. The highest BCUT2D eigenvalue weighted by Gasteiger charge is 2.36. The van der Waals surface area contributed by atoms with E-state index in [1.54, 1.807) is 0 Å². The minimum absolute atomic E-state index is 0.0334. The Labute approximate surface area is 149 Å². The van der Waals surface area contributed by atoms with Gasteiger partial charge >= 0.3 is 6.18 Å². The zero-order valence-corrected chi connectivity index (χ0v) is 14.9. The molecule has 0 fully saturated rings. The lowest BCUT2D eigenvalue weighted by Gasteiger charge is -2.21. The van der Waals surface area contributed by atoms with Crippen molar-refractivity contribution in [2.24, 2.45) is 0 Å². The molecule has 3 N–H and O–H groups in total. The van der Waals surface area contributed by atoms with Crippen molar-refractivity contribution in [2.75, 3.05) is 10.6 Å². The number of allylic oxidation sites excluding steroid dienone is 1. The van der Waals surface area contributed by atoms with Crippen LogP contribution in [-0.2, 0) is 0 Å². The SMILES string of the molecule is CC[C@@H](C)Nc1nc(N[C@H](C)C(F)(F)F)nc(C2=C(F)C(O)CCC2)n1. The van der Waals surface area contributed by atoms with E-state index in [-0.39, 0.29) is 35.8 Å². The molecule has 0 bridgehead atoms. The number of halogens is 4. The zero-order valence-electron chi connectivity index (χ0n) is 14.9. The van der Waals surface area contributed by atoms with Crippen molar-refractivity contribution in [1.82, 2.24) is 15.0 Å². The topological polar surface area (TPSA) is 83.0 Å². The zero-order chi connectivity index (χ0) is 19.5. The Hall–Kier alpha value is -1.97. The first kappa shape index (κ1) is 20.3. The average Bonchev–Trinajstić information content (AvgIpc) is 2.56. The van der Waals surface area contributed by atoms with Gasteiger partial charge in [-0.3, -0.25) is 0 Å². The normalized spacial score (nSPS) is 20.7. The van der Waals surface area contributed by atoms with Crippen LogP contribution < -0.4 is 10.6 Å². The Morgan fingerprint density at radius 1 is 1.15 bits per heavy atom. The lowest BCUT2D eigenvalue weighted by atomic mass is 9.96. The Morgan fingerprint density at radius 2 is 1.77 bits per heavy atom. The molecule has 146 valence electrons. The fraction of sp³-hybridized carbons (Fsp3) is 0.688. The summed E-state index contributed by atoms with van der Waals surface area (Å²) in [4.78, 5) is 12.0. The summed E-state index contributed by atoms with van der Waals surface area (Å²) in [6.07, 6.45) is -3.88. The molecule has 6 nitrogen and oxygen atoms in total. The van der Waals surface area contributed by atoms with E-state index >= 15 is 0 Å². The largest absolute Gasteiger partial charge is 0.408 e. The molecule has 1 aromatic heterocycles. The Balaban J connectivity index is 2.42. The number of aromatic nitrogens is 3. The molecule has 0 spiro atoms. The summed E-state index contributed by atoms with van der Waals surface area (Å²) in [5, 5.41) is 14.8. The molecule has 26 heavy (non-hydrogen) atoms. The van der Waals surface area contributed by atoms with Gasteiger partial charge in [0, 0.05) is 11.6 Å². The minimum atomic E-state index is -4.48. The van der Waals surface area contributed by atoms with Crippen LogP contribution in [0.1, 0.15) is 52.3 Å². The highest BCUT2D eigenvalue weighted by atomic mass is 19.4. The monoisotopic (exact) mass is 377 g/mol. The first-order valence-corrected chi connectivity index (χ1v) is 8.54. The third-order valence-electron chi connectivity index (χ3n) is 4.21. The fourth-order valence-corrected chi connectivity index (χ4v) is 2.38. The lowest BCUT2D eigenvalue weighted by Crippen LogP contribution is -2.34. The lowest BCUT2D eigenvalue weighted by molar-refractivity contribution is -0.138. The predicted octanol–water partition coefficient (Wildman–Crippen LogP) is 3.67. The van der Waals surface area contributed by atoms with Gasteiger partial charge in [0.05, 0.1) is 0 Å². The molecule has 1 aliphatic carbocycles. The third kappa shape index (κ3) is 5.03. The van der Waals surface area contributed by atoms with Crippen LogP contribution in [0.2, 0.25) is 0 Å². The first-order valence-electron chi connectivity index (χ1n) is 8.54. The van der Waals surface area contributed by atoms with Crippen molar-refractivity contribution >= 4 is 17.5 Å². The maximum Gasteiger partial charge on any atom is 0.408 e. The highest BCUT2D eigenvalue weighted by Crippen LogP contribution is 2.32. The molecule has 10 heteroatoms. The number of nitrogens with one attached hydrogen (secondary N) is 2. The van der Waals surface area contributed by atoms with Crippen molar-refractivity contribution in [3.05, 3.63) is 11.7 Å². The number of aliphatic hydroxyl groups is 1. The van der Waals surface area contributed by atoms with Gasteiger partial charge in [-0.2, -0.15) is 28.1 Å². The second-order valence-electron chi connectivity index (χ2n) is 6.40. The van der Waals surface area contributed by atoms with Crippen LogP contribution in [0.4, 0.5) is 29.5 Å². The van der Waals surface area contributed by atoms with Crippen LogP contribution in [0, 0.1) is 0 Å². The number of alkyl halides is 3. The van der Waals surface area contributed by atoms with Gasteiger partial charge in [0.25, 0.3) is 0 Å². The number of rotatable bonds is 6. The van der Waals surface area contributed by atoms with Crippen LogP contribution in [-0.4, -0.2) is 44.4 Å². The predicted molar refractivity (Wildman–Crippen MR) is 90.2 cm³/mol. The quantitative estimate of drug-likeness (QED) is 0.656. The van der Waals surface area contributed by atoms with Gasteiger partial charge in [-0.15, -0.1) is 0 Å². The fourth-order valence-electron chi connectivity index (χ4n) is 2.38. The molecule has 0 aliphatic heterocycles. The summed E-state index contributed by atoms with van der Waals surface area (Å²) in [6, 6.07) is -1.92. The molecule has 3 atom stereocenters. The summed E-state index contributed by atoms with van der Waals surface area (Å²) < 4.78 is 52.7. The summed E-state index contributed by atoms with van der Waals surface area (Å²) in [7, 11) is 0. The molecule has 1 aromatic rings. The van der Waals surface area contributed by atoms with Gasteiger partial charge in [-0.1, -0.05) is 6.92 Å². The van der Waals surface area contributed by atoms with E-state index in [0.717, 1.165) is 13.3 Å². The van der Waals surface area contributed by atoms with Gasteiger partial charge < -0.3 is 15.7 Å². The van der Waals surface area contributed by atoms with E-state index in [2.05, 4.69) is 25.6 Å². The van der Waals surface area contributed by atoms with Gasteiger partial charge in [-0.25, -0.2) is 4.39 Å². The summed E-state index contributed by atoms with van der Waals surface area (Å²) in [6.45, 7) is 4.72. The van der Waals surface area contributed by atoms with Crippen molar-refractivity contribution in [1.29, 1.82) is 0 Å². The molecule has 1 heterocycles. The van der Waals surface area contributed by atoms with Crippen molar-refractivity contribution < 1.29 is 22.7 Å². The first-order chi connectivity index (χ1) is 12.1.